The highest BCUT2D eigenvalue weighted by molar-refractivity contribution is 6.20. The third kappa shape index (κ3) is 2.89. The van der Waals surface area contributed by atoms with Gasteiger partial charge in [-0.05, 0) is 19.8 Å². The van der Waals surface area contributed by atoms with Crippen molar-refractivity contribution in [1.82, 2.24) is 5.32 Å². The molecule has 0 amide bonds. The van der Waals surface area contributed by atoms with Gasteiger partial charge in [0.15, 0.2) is 0 Å². The molecule has 1 fully saturated rings. The van der Waals surface area contributed by atoms with Gasteiger partial charge in [-0.2, -0.15) is 0 Å². The maximum atomic E-state index is 5.79. The monoisotopic (exact) mass is 161 g/mol. The lowest BCUT2D eigenvalue weighted by Crippen LogP contribution is -2.30. The van der Waals surface area contributed by atoms with E-state index in [-0.39, 0.29) is 5.38 Å². The zero-order valence-electron chi connectivity index (χ0n) is 6.57. The molecule has 2 heteroatoms. The Morgan fingerprint density at radius 3 is 2.60 bits per heavy atom. The van der Waals surface area contributed by atoms with Gasteiger partial charge in [-0.1, -0.05) is 12.8 Å². The Labute approximate surface area is 68.1 Å². The van der Waals surface area contributed by atoms with Gasteiger partial charge in [-0.15, -0.1) is 11.6 Å². The summed E-state index contributed by atoms with van der Waals surface area (Å²) >= 11 is 5.79. The van der Waals surface area contributed by atoms with Gasteiger partial charge in [0.05, 0.1) is 0 Å². The highest BCUT2D eigenvalue weighted by Crippen LogP contribution is 2.17. The standard InChI is InChI=1S/C8H16ClN/c1-7(9)6-10-8-4-2-3-5-8/h7-8,10H,2-6H2,1H3. The van der Waals surface area contributed by atoms with Crippen molar-refractivity contribution in [3.63, 3.8) is 0 Å². The van der Waals surface area contributed by atoms with E-state index < -0.39 is 0 Å². The molecule has 0 spiro atoms. The lowest BCUT2D eigenvalue weighted by molar-refractivity contribution is 0.525. The first-order chi connectivity index (χ1) is 4.79. The third-order valence-electron chi connectivity index (χ3n) is 2.04. The maximum Gasteiger partial charge on any atom is 0.0432 e. The van der Waals surface area contributed by atoms with Crippen LogP contribution < -0.4 is 5.32 Å². The van der Waals surface area contributed by atoms with Crippen LogP contribution >= 0.6 is 11.6 Å². The fourth-order valence-corrected chi connectivity index (χ4v) is 1.55. The van der Waals surface area contributed by atoms with Crippen molar-refractivity contribution in [3.05, 3.63) is 0 Å². The number of hydrogen-bond acceptors (Lipinski definition) is 1. The molecule has 0 aromatic carbocycles. The second kappa shape index (κ2) is 4.20. The number of hydrogen-bond donors (Lipinski definition) is 1. The molecule has 0 aromatic heterocycles. The highest BCUT2D eigenvalue weighted by Gasteiger charge is 2.13. The van der Waals surface area contributed by atoms with E-state index in [1.54, 1.807) is 0 Å². The van der Waals surface area contributed by atoms with Crippen LogP contribution in [-0.4, -0.2) is 18.0 Å². The summed E-state index contributed by atoms with van der Waals surface area (Å²) in [6, 6.07) is 0.765. The zero-order chi connectivity index (χ0) is 7.40. The summed E-state index contributed by atoms with van der Waals surface area (Å²) in [4.78, 5) is 0. The normalized spacial score (nSPS) is 23.4. The van der Waals surface area contributed by atoms with Gasteiger partial charge >= 0.3 is 0 Å². The van der Waals surface area contributed by atoms with Crippen molar-refractivity contribution in [2.45, 2.75) is 44.0 Å². The summed E-state index contributed by atoms with van der Waals surface area (Å²) < 4.78 is 0. The molecule has 1 aliphatic carbocycles. The van der Waals surface area contributed by atoms with Gasteiger partial charge in [0, 0.05) is 18.0 Å². The Morgan fingerprint density at radius 1 is 1.50 bits per heavy atom. The minimum absolute atomic E-state index is 0.278. The number of rotatable bonds is 3. The van der Waals surface area contributed by atoms with Crippen molar-refractivity contribution in [3.8, 4) is 0 Å². The molecule has 1 atom stereocenters. The predicted octanol–water partition coefficient (Wildman–Crippen LogP) is 2.15. The predicted molar refractivity (Wildman–Crippen MR) is 45.6 cm³/mol. The van der Waals surface area contributed by atoms with Gasteiger partial charge in [-0.25, -0.2) is 0 Å². The molecule has 1 unspecified atom stereocenters. The second-order valence-corrected chi connectivity index (χ2v) is 3.92. The molecule has 0 aliphatic heterocycles. The van der Waals surface area contributed by atoms with E-state index in [4.69, 9.17) is 11.6 Å². The molecular weight excluding hydrogens is 146 g/mol. The van der Waals surface area contributed by atoms with Crippen molar-refractivity contribution >= 4 is 11.6 Å². The lowest BCUT2D eigenvalue weighted by atomic mass is 10.2. The highest BCUT2D eigenvalue weighted by atomic mass is 35.5. The first kappa shape index (κ1) is 8.35. The van der Waals surface area contributed by atoms with E-state index >= 15 is 0 Å². The number of alkyl halides is 1. The molecule has 0 radical (unpaired) electrons. The third-order valence-corrected chi connectivity index (χ3v) is 2.20. The van der Waals surface area contributed by atoms with Crippen molar-refractivity contribution in [1.29, 1.82) is 0 Å². The first-order valence-corrected chi connectivity index (χ1v) is 4.60. The molecule has 1 saturated carbocycles. The van der Waals surface area contributed by atoms with Crippen LogP contribution in [0.4, 0.5) is 0 Å². The SMILES string of the molecule is CC(Cl)CNC1CCCC1. The molecule has 60 valence electrons. The topological polar surface area (TPSA) is 12.0 Å². The molecule has 1 N–H and O–H groups in total. The van der Waals surface area contributed by atoms with Gasteiger partial charge in [0.25, 0.3) is 0 Å². The smallest absolute Gasteiger partial charge is 0.0432 e. The second-order valence-electron chi connectivity index (χ2n) is 3.17. The quantitative estimate of drug-likeness (QED) is 0.626. The van der Waals surface area contributed by atoms with Crippen molar-refractivity contribution in [2.24, 2.45) is 0 Å². The molecule has 0 bridgehead atoms. The van der Waals surface area contributed by atoms with E-state index in [0.29, 0.717) is 0 Å². The van der Waals surface area contributed by atoms with Crippen LogP contribution in [0.15, 0.2) is 0 Å². The zero-order valence-corrected chi connectivity index (χ0v) is 7.32. The van der Waals surface area contributed by atoms with Crippen LogP contribution in [0.2, 0.25) is 0 Å². The van der Waals surface area contributed by atoms with E-state index in [1.807, 2.05) is 6.92 Å². The Hall–Kier alpha value is 0.250. The summed E-state index contributed by atoms with van der Waals surface area (Å²) in [5.74, 6) is 0. The van der Waals surface area contributed by atoms with E-state index in [9.17, 15) is 0 Å². The average Bonchev–Trinajstić information content (AvgIpc) is 2.34. The first-order valence-electron chi connectivity index (χ1n) is 4.16. The average molecular weight is 162 g/mol. The van der Waals surface area contributed by atoms with Gasteiger partial charge < -0.3 is 5.32 Å². The Kier molecular flexibility index (Phi) is 3.50. The van der Waals surface area contributed by atoms with E-state index in [1.165, 1.54) is 25.7 Å². The van der Waals surface area contributed by atoms with Crippen LogP contribution in [0.3, 0.4) is 0 Å². The summed E-state index contributed by atoms with van der Waals surface area (Å²) in [6.07, 6.45) is 5.50. The molecule has 0 aromatic rings. The molecule has 10 heavy (non-hydrogen) atoms. The number of halogens is 1. The van der Waals surface area contributed by atoms with Gasteiger partial charge in [0.1, 0.15) is 0 Å². The Balaban J connectivity index is 2.01. The maximum absolute atomic E-state index is 5.79. The van der Waals surface area contributed by atoms with E-state index in [0.717, 1.165) is 12.6 Å². The van der Waals surface area contributed by atoms with Crippen molar-refractivity contribution in [2.75, 3.05) is 6.54 Å². The van der Waals surface area contributed by atoms with Crippen LogP contribution in [0.1, 0.15) is 32.6 Å². The molecule has 0 saturated heterocycles. The number of nitrogens with one attached hydrogen (secondary N) is 1. The lowest BCUT2D eigenvalue weighted by Gasteiger charge is -2.11. The van der Waals surface area contributed by atoms with Crippen LogP contribution in [-0.2, 0) is 0 Å². The molecule has 0 heterocycles. The van der Waals surface area contributed by atoms with Gasteiger partial charge in [0.2, 0.25) is 0 Å². The van der Waals surface area contributed by atoms with Gasteiger partial charge in [-0.3, -0.25) is 0 Å². The summed E-state index contributed by atoms with van der Waals surface area (Å²) in [5, 5.41) is 3.73. The summed E-state index contributed by atoms with van der Waals surface area (Å²) in [6.45, 7) is 3.00. The minimum Gasteiger partial charge on any atom is -0.313 e. The Morgan fingerprint density at radius 2 is 2.10 bits per heavy atom. The largest absolute Gasteiger partial charge is 0.313 e. The van der Waals surface area contributed by atoms with Crippen LogP contribution in [0, 0.1) is 0 Å². The fraction of sp³-hybridized carbons (Fsp3) is 1.00. The molecule has 1 rings (SSSR count). The van der Waals surface area contributed by atoms with Crippen molar-refractivity contribution < 1.29 is 0 Å². The Bertz CT molecular complexity index is 87.3. The summed E-state index contributed by atoms with van der Waals surface area (Å²) in [7, 11) is 0. The van der Waals surface area contributed by atoms with Crippen LogP contribution in [0.25, 0.3) is 0 Å². The fourth-order valence-electron chi connectivity index (χ4n) is 1.46. The molecular formula is C8H16ClN. The summed E-state index contributed by atoms with van der Waals surface area (Å²) in [5.41, 5.74) is 0. The molecule has 1 aliphatic rings. The van der Waals surface area contributed by atoms with Crippen LogP contribution in [0.5, 0.6) is 0 Å². The molecule has 1 nitrogen and oxygen atoms in total. The minimum atomic E-state index is 0.278. The van der Waals surface area contributed by atoms with E-state index in [2.05, 4.69) is 5.32 Å².